The van der Waals surface area contributed by atoms with E-state index in [0.29, 0.717) is 44.1 Å². The fourth-order valence-corrected chi connectivity index (χ4v) is 8.27. The summed E-state index contributed by atoms with van der Waals surface area (Å²) in [4.78, 5) is 11.9. The van der Waals surface area contributed by atoms with Gasteiger partial charge in [-0.3, -0.25) is 4.79 Å². The lowest BCUT2D eigenvalue weighted by molar-refractivity contribution is -0.167. The van der Waals surface area contributed by atoms with E-state index in [1.54, 1.807) is 0 Å². The SMILES string of the molecule is C=C(/C=C/C=C(/COCCO)[C@@H]1CC[C@]2([C@@H]1O)[C@@H](CCCO)/C(=C(/C)C=O)CC[C@@]2(C)O)C1(CC=C(C)C)CCCC1. The van der Waals surface area contributed by atoms with Gasteiger partial charge in [0.2, 0.25) is 0 Å². The third-order valence-electron chi connectivity index (χ3n) is 10.8. The first-order valence-corrected chi connectivity index (χ1v) is 16.0. The Bertz CT molecular complexity index is 1050. The van der Waals surface area contributed by atoms with Gasteiger partial charge in [0, 0.05) is 17.9 Å². The molecule has 0 saturated heterocycles. The van der Waals surface area contributed by atoms with Crippen molar-refractivity contribution in [1.82, 2.24) is 0 Å². The van der Waals surface area contributed by atoms with E-state index >= 15 is 0 Å². The van der Waals surface area contributed by atoms with Gasteiger partial charge in [-0.2, -0.15) is 0 Å². The summed E-state index contributed by atoms with van der Waals surface area (Å²) in [6, 6.07) is 0. The summed E-state index contributed by atoms with van der Waals surface area (Å²) in [5, 5.41) is 43.1. The molecule has 6 nitrogen and oxygen atoms in total. The summed E-state index contributed by atoms with van der Waals surface area (Å²) < 4.78 is 5.80. The highest BCUT2D eigenvalue weighted by Crippen LogP contribution is 2.63. The van der Waals surface area contributed by atoms with Crippen molar-refractivity contribution in [2.45, 2.75) is 110 Å². The Kier molecular flexibility index (Phi) is 12.6. The number of aliphatic hydroxyl groups is 4. The van der Waals surface area contributed by atoms with Crippen LogP contribution in [0.4, 0.5) is 0 Å². The maximum absolute atomic E-state index is 12.2. The van der Waals surface area contributed by atoms with Crippen LogP contribution in [0.2, 0.25) is 0 Å². The van der Waals surface area contributed by atoms with Crippen molar-refractivity contribution in [3.63, 3.8) is 0 Å². The number of ether oxygens (including phenoxy) is 1. The molecule has 3 saturated carbocycles. The first kappa shape index (κ1) is 34.7. The molecule has 3 fully saturated rings. The predicted octanol–water partition coefficient (Wildman–Crippen LogP) is 6.16. The second-order valence-electron chi connectivity index (χ2n) is 13.5. The molecule has 42 heavy (non-hydrogen) atoms. The van der Waals surface area contributed by atoms with Crippen molar-refractivity contribution in [2.75, 3.05) is 26.4 Å². The highest BCUT2D eigenvalue weighted by Gasteiger charge is 2.64. The van der Waals surface area contributed by atoms with Crippen molar-refractivity contribution < 1.29 is 30.0 Å². The van der Waals surface area contributed by atoms with Crippen LogP contribution in [-0.4, -0.2) is 64.8 Å². The molecule has 0 bridgehead atoms. The second kappa shape index (κ2) is 15.3. The number of hydrogen-bond donors (Lipinski definition) is 4. The largest absolute Gasteiger partial charge is 0.396 e. The topological polar surface area (TPSA) is 107 Å². The Hall–Kier alpha value is -1.83. The van der Waals surface area contributed by atoms with E-state index in [1.807, 2.05) is 26.0 Å². The molecule has 3 rings (SSSR count). The number of allylic oxidation sites excluding steroid dienone is 8. The van der Waals surface area contributed by atoms with Crippen LogP contribution >= 0.6 is 0 Å². The van der Waals surface area contributed by atoms with E-state index < -0.39 is 17.1 Å². The Morgan fingerprint density at radius 3 is 2.43 bits per heavy atom. The molecule has 3 aliphatic rings. The van der Waals surface area contributed by atoms with Crippen molar-refractivity contribution >= 4 is 6.29 Å². The number of carbonyl (C=O) groups excluding carboxylic acids is 1. The normalized spacial score (nSPS) is 32.5. The highest BCUT2D eigenvalue weighted by atomic mass is 16.5. The molecule has 0 aromatic carbocycles. The molecule has 0 aromatic rings. The van der Waals surface area contributed by atoms with Crippen LogP contribution in [0.25, 0.3) is 0 Å². The summed E-state index contributed by atoms with van der Waals surface area (Å²) in [5.74, 6) is -0.447. The van der Waals surface area contributed by atoms with E-state index in [0.717, 1.165) is 42.3 Å². The molecule has 236 valence electrons. The first-order chi connectivity index (χ1) is 20.0. The molecule has 3 aliphatic carbocycles. The minimum atomic E-state index is -1.13. The summed E-state index contributed by atoms with van der Waals surface area (Å²) >= 11 is 0. The lowest BCUT2D eigenvalue weighted by Gasteiger charge is -2.55. The average Bonchev–Trinajstić information content (AvgIpc) is 3.58. The Labute approximate surface area is 253 Å². The molecular weight excluding hydrogens is 528 g/mol. The van der Waals surface area contributed by atoms with Crippen molar-refractivity contribution in [3.05, 3.63) is 58.7 Å². The number of hydrogen-bond acceptors (Lipinski definition) is 6. The van der Waals surface area contributed by atoms with Crippen LogP contribution < -0.4 is 0 Å². The lowest BCUT2D eigenvalue weighted by atomic mass is 9.52. The molecule has 0 aliphatic heterocycles. The standard InChI is InChI=1S/C36H56O6/c1-26(2)13-19-35(16-6-7-17-35)28(4)10-8-11-29(25-42-23-22-38)31-15-20-36(33(31)40)32(12-9-21-37)30(27(3)24-39)14-18-34(36,5)41/h8,10-11,13,24,31-33,37-38,40-41H,4,6-7,9,12,14-23,25H2,1-3,5H3/b10-8+,29-11-,30-27-/t31-,32-,33+,34+,36+/m0/s1. The Balaban J connectivity index is 1.96. The third-order valence-corrected chi connectivity index (χ3v) is 10.8. The zero-order valence-electron chi connectivity index (χ0n) is 26.5. The zero-order valence-corrected chi connectivity index (χ0v) is 26.5. The highest BCUT2D eigenvalue weighted by molar-refractivity contribution is 5.74. The minimum absolute atomic E-state index is 0.0194. The molecule has 0 aromatic heterocycles. The molecule has 0 amide bonds. The van der Waals surface area contributed by atoms with Gasteiger partial charge in [-0.25, -0.2) is 0 Å². The van der Waals surface area contributed by atoms with Crippen LogP contribution in [0.15, 0.2) is 58.7 Å². The quantitative estimate of drug-likeness (QED) is 0.0641. The molecule has 0 unspecified atom stereocenters. The van der Waals surface area contributed by atoms with Gasteiger partial charge in [0.05, 0.1) is 31.5 Å². The first-order valence-electron chi connectivity index (χ1n) is 16.0. The van der Waals surface area contributed by atoms with Crippen molar-refractivity contribution in [1.29, 1.82) is 0 Å². The lowest BCUT2D eigenvalue weighted by Crippen LogP contribution is -2.59. The van der Waals surface area contributed by atoms with E-state index in [9.17, 15) is 25.2 Å². The second-order valence-corrected chi connectivity index (χ2v) is 13.5. The van der Waals surface area contributed by atoms with Gasteiger partial charge in [0.1, 0.15) is 6.29 Å². The Morgan fingerprint density at radius 1 is 1.10 bits per heavy atom. The van der Waals surface area contributed by atoms with Gasteiger partial charge in [-0.05, 0) is 114 Å². The van der Waals surface area contributed by atoms with Gasteiger partial charge in [0.15, 0.2) is 0 Å². The Morgan fingerprint density at radius 2 is 1.81 bits per heavy atom. The summed E-state index contributed by atoms with van der Waals surface area (Å²) in [6.45, 7) is 12.8. The van der Waals surface area contributed by atoms with Gasteiger partial charge in [-0.1, -0.05) is 54.9 Å². The van der Waals surface area contributed by atoms with Crippen LogP contribution in [-0.2, 0) is 9.53 Å². The van der Waals surface area contributed by atoms with Crippen molar-refractivity contribution in [3.8, 4) is 0 Å². The zero-order chi connectivity index (χ0) is 31.0. The van der Waals surface area contributed by atoms with Crippen LogP contribution in [0.1, 0.15) is 98.3 Å². The summed E-state index contributed by atoms with van der Waals surface area (Å²) in [6.07, 6.45) is 17.7. The fourth-order valence-electron chi connectivity index (χ4n) is 8.27. The summed E-state index contributed by atoms with van der Waals surface area (Å²) in [7, 11) is 0. The molecule has 1 spiro atoms. The average molecular weight is 585 g/mol. The molecule has 5 atom stereocenters. The van der Waals surface area contributed by atoms with Gasteiger partial charge < -0.3 is 25.2 Å². The number of aliphatic hydroxyl groups excluding tert-OH is 3. The molecule has 6 heteroatoms. The fraction of sp³-hybridized carbons (Fsp3) is 0.694. The maximum atomic E-state index is 12.2. The van der Waals surface area contributed by atoms with Crippen LogP contribution in [0.5, 0.6) is 0 Å². The third kappa shape index (κ3) is 7.27. The molecule has 0 heterocycles. The van der Waals surface area contributed by atoms with E-state index in [-0.39, 0.29) is 43.7 Å². The summed E-state index contributed by atoms with van der Waals surface area (Å²) in [5.41, 5.74) is 3.17. The number of rotatable bonds is 14. The molecular formula is C36H56O6. The number of carbonyl (C=O) groups is 1. The predicted molar refractivity (Wildman–Crippen MR) is 169 cm³/mol. The smallest absolute Gasteiger partial charge is 0.145 e. The van der Waals surface area contributed by atoms with Gasteiger partial charge in [-0.15, -0.1) is 0 Å². The van der Waals surface area contributed by atoms with Crippen molar-refractivity contribution in [2.24, 2.45) is 22.7 Å². The van der Waals surface area contributed by atoms with E-state index in [1.165, 1.54) is 18.4 Å². The van der Waals surface area contributed by atoms with E-state index in [2.05, 4.69) is 32.6 Å². The van der Waals surface area contributed by atoms with Gasteiger partial charge >= 0.3 is 0 Å². The van der Waals surface area contributed by atoms with Gasteiger partial charge in [0.25, 0.3) is 0 Å². The van der Waals surface area contributed by atoms with E-state index in [4.69, 9.17) is 4.74 Å². The minimum Gasteiger partial charge on any atom is -0.396 e. The molecule has 0 radical (unpaired) electrons. The van der Waals surface area contributed by atoms with Crippen LogP contribution in [0.3, 0.4) is 0 Å². The number of aldehydes is 1. The van der Waals surface area contributed by atoms with Crippen LogP contribution in [0, 0.1) is 22.7 Å². The molecule has 4 N–H and O–H groups in total. The monoisotopic (exact) mass is 584 g/mol. The maximum Gasteiger partial charge on any atom is 0.145 e.